The molecule has 0 unspecified atom stereocenters. The molecular weight excluding hydrogens is 496 g/mol. The summed E-state index contributed by atoms with van der Waals surface area (Å²) in [6.45, 7) is 1.58. The SMILES string of the molecule is COc1cc(Nc2nc3ccccc3nc2NS(=O)(=O)c2cccc(N[C@@H](C)C(N)=O)c2)cc(OC)c1. The molecule has 0 bridgehead atoms. The van der Waals surface area contributed by atoms with Gasteiger partial charge in [-0.2, -0.15) is 0 Å². The van der Waals surface area contributed by atoms with E-state index in [0.717, 1.165) is 0 Å². The number of para-hydroxylation sites is 2. The molecule has 12 heteroatoms. The van der Waals surface area contributed by atoms with Crippen molar-refractivity contribution in [1.82, 2.24) is 9.97 Å². The Hall–Kier alpha value is -4.58. The van der Waals surface area contributed by atoms with E-state index < -0.39 is 22.0 Å². The lowest BCUT2D eigenvalue weighted by atomic mass is 10.2. The molecule has 4 rings (SSSR count). The molecule has 0 saturated carbocycles. The first-order valence-electron chi connectivity index (χ1n) is 11.1. The molecule has 4 aromatic rings. The molecule has 1 atom stereocenters. The summed E-state index contributed by atoms with van der Waals surface area (Å²) in [6, 6.07) is 17.6. The Balaban J connectivity index is 1.73. The number of methoxy groups -OCH3 is 2. The molecule has 37 heavy (non-hydrogen) atoms. The van der Waals surface area contributed by atoms with Crippen LogP contribution >= 0.6 is 0 Å². The standard InChI is InChI=1S/C25H26N6O5S/c1-15(23(26)32)27-16-7-6-8-20(13-16)37(33,34)31-25-24(29-21-9-4-5-10-22(21)30-25)28-17-11-18(35-2)14-19(12-17)36-3/h4-15,27H,1-3H3,(H2,26,32)(H,28,29)(H,30,31)/t15-/m0/s1. The summed E-state index contributed by atoms with van der Waals surface area (Å²) in [4.78, 5) is 20.4. The fourth-order valence-corrected chi connectivity index (χ4v) is 4.49. The number of hydrogen-bond donors (Lipinski definition) is 4. The van der Waals surface area contributed by atoms with E-state index in [1.165, 1.54) is 26.4 Å². The smallest absolute Gasteiger partial charge is 0.263 e. The van der Waals surface area contributed by atoms with E-state index in [-0.39, 0.29) is 16.5 Å². The number of nitrogens with two attached hydrogens (primary N) is 1. The number of sulfonamides is 1. The van der Waals surface area contributed by atoms with Crippen molar-refractivity contribution in [2.75, 3.05) is 29.6 Å². The average Bonchev–Trinajstić information content (AvgIpc) is 2.88. The molecule has 1 aromatic heterocycles. The third kappa shape index (κ3) is 5.98. The van der Waals surface area contributed by atoms with Crippen LogP contribution in [0.5, 0.6) is 11.5 Å². The summed E-state index contributed by atoms with van der Waals surface area (Å²) >= 11 is 0. The first-order valence-corrected chi connectivity index (χ1v) is 12.6. The number of carbonyl (C=O) groups is 1. The number of nitrogens with one attached hydrogen (secondary N) is 3. The first-order chi connectivity index (χ1) is 17.7. The van der Waals surface area contributed by atoms with E-state index >= 15 is 0 Å². The number of hydrogen-bond acceptors (Lipinski definition) is 9. The minimum absolute atomic E-state index is 0.00986. The van der Waals surface area contributed by atoms with Gasteiger partial charge >= 0.3 is 0 Å². The molecule has 11 nitrogen and oxygen atoms in total. The number of aromatic nitrogens is 2. The Morgan fingerprint density at radius 2 is 1.49 bits per heavy atom. The number of rotatable bonds is 10. The maximum absolute atomic E-state index is 13.3. The predicted octanol–water partition coefficient (Wildman–Crippen LogP) is 3.48. The number of carbonyl (C=O) groups excluding carboxylic acids is 1. The van der Waals surface area contributed by atoms with Crippen molar-refractivity contribution < 1.29 is 22.7 Å². The quantitative estimate of drug-likeness (QED) is 0.245. The van der Waals surface area contributed by atoms with Crippen molar-refractivity contribution in [2.24, 2.45) is 5.73 Å². The van der Waals surface area contributed by atoms with Gasteiger partial charge in [-0.15, -0.1) is 0 Å². The predicted molar refractivity (Wildman–Crippen MR) is 142 cm³/mol. The molecule has 5 N–H and O–H groups in total. The molecule has 0 saturated heterocycles. The van der Waals surface area contributed by atoms with Gasteiger partial charge in [0, 0.05) is 29.6 Å². The van der Waals surface area contributed by atoms with Crippen LogP contribution in [0, 0.1) is 0 Å². The Labute approximate surface area is 214 Å². The van der Waals surface area contributed by atoms with Crippen molar-refractivity contribution in [3.63, 3.8) is 0 Å². The molecule has 192 valence electrons. The normalized spacial score (nSPS) is 12.0. The highest BCUT2D eigenvalue weighted by Gasteiger charge is 2.20. The Morgan fingerprint density at radius 3 is 2.08 bits per heavy atom. The van der Waals surface area contributed by atoms with E-state index in [2.05, 4.69) is 25.3 Å². The van der Waals surface area contributed by atoms with Crippen LogP contribution < -0.4 is 30.6 Å². The van der Waals surface area contributed by atoms with E-state index in [1.54, 1.807) is 55.5 Å². The molecular formula is C25H26N6O5S. The number of anilines is 4. The summed E-state index contributed by atoms with van der Waals surface area (Å²) in [5.41, 5.74) is 7.33. The van der Waals surface area contributed by atoms with Crippen molar-refractivity contribution in [1.29, 1.82) is 0 Å². The van der Waals surface area contributed by atoms with Crippen LogP contribution in [0.3, 0.4) is 0 Å². The van der Waals surface area contributed by atoms with Crippen LogP contribution in [0.15, 0.2) is 71.6 Å². The van der Waals surface area contributed by atoms with Crippen LogP contribution in [0.4, 0.5) is 23.0 Å². The van der Waals surface area contributed by atoms with E-state index in [0.29, 0.717) is 33.9 Å². The van der Waals surface area contributed by atoms with Crippen LogP contribution in [-0.4, -0.2) is 44.6 Å². The number of ether oxygens (including phenoxy) is 2. The highest BCUT2D eigenvalue weighted by molar-refractivity contribution is 7.92. The molecule has 0 aliphatic heterocycles. The van der Waals surface area contributed by atoms with Crippen molar-refractivity contribution in [3.8, 4) is 11.5 Å². The minimum atomic E-state index is -4.10. The van der Waals surface area contributed by atoms with Crippen molar-refractivity contribution in [2.45, 2.75) is 17.9 Å². The van der Waals surface area contributed by atoms with Crippen molar-refractivity contribution in [3.05, 3.63) is 66.7 Å². The van der Waals surface area contributed by atoms with Crippen LogP contribution in [-0.2, 0) is 14.8 Å². The minimum Gasteiger partial charge on any atom is -0.497 e. The van der Waals surface area contributed by atoms with E-state index in [4.69, 9.17) is 15.2 Å². The number of nitrogens with zero attached hydrogens (tertiary/aromatic N) is 2. The monoisotopic (exact) mass is 522 g/mol. The molecule has 3 aromatic carbocycles. The lowest BCUT2D eigenvalue weighted by Crippen LogP contribution is -2.32. The number of amides is 1. The number of fused-ring (bicyclic) bond motifs is 1. The Bertz CT molecular complexity index is 1540. The van der Waals surface area contributed by atoms with Gasteiger partial charge in [-0.1, -0.05) is 18.2 Å². The van der Waals surface area contributed by atoms with Gasteiger partial charge < -0.3 is 25.8 Å². The van der Waals surface area contributed by atoms with Gasteiger partial charge in [-0.05, 0) is 37.3 Å². The summed E-state index contributed by atoms with van der Waals surface area (Å²) in [6.07, 6.45) is 0. The van der Waals surface area contributed by atoms with E-state index in [9.17, 15) is 13.2 Å². The highest BCUT2D eigenvalue weighted by Crippen LogP contribution is 2.31. The fourth-order valence-electron chi connectivity index (χ4n) is 3.44. The zero-order chi connectivity index (χ0) is 26.6. The van der Waals surface area contributed by atoms with Crippen molar-refractivity contribution >= 4 is 50.0 Å². The molecule has 0 fully saturated rings. The third-order valence-corrected chi connectivity index (χ3v) is 6.71. The molecule has 0 aliphatic rings. The van der Waals surface area contributed by atoms with Gasteiger partial charge in [0.25, 0.3) is 10.0 Å². The molecule has 0 spiro atoms. The van der Waals surface area contributed by atoms with E-state index in [1.807, 2.05) is 6.07 Å². The second-order valence-corrected chi connectivity index (χ2v) is 9.72. The molecule has 0 radical (unpaired) electrons. The maximum atomic E-state index is 13.3. The van der Waals surface area contributed by atoms with Gasteiger partial charge in [-0.3, -0.25) is 9.52 Å². The molecule has 0 aliphatic carbocycles. The summed E-state index contributed by atoms with van der Waals surface area (Å²) in [5.74, 6) is 0.667. The van der Waals surface area contributed by atoms with Gasteiger partial charge in [0.05, 0.1) is 30.1 Å². The largest absolute Gasteiger partial charge is 0.497 e. The fraction of sp³-hybridized carbons (Fsp3) is 0.160. The van der Waals surface area contributed by atoms with Gasteiger partial charge in [0.1, 0.15) is 17.5 Å². The van der Waals surface area contributed by atoms with Crippen LogP contribution in [0.2, 0.25) is 0 Å². The lowest BCUT2D eigenvalue weighted by molar-refractivity contribution is -0.118. The van der Waals surface area contributed by atoms with Gasteiger partial charge in [0.2, 0.25) is 5.91 Å². The van der Waals surface area contributed by atoms with Crippen LogP contribution in [0.25, 0.3) is 11.0 Å². The maximum Gasteiger partial charge on any atom is 0.263 e. The summed E-state index contributed by atoms with van der Waals surface area (Å²) in [5, 5.41) is 5.99. The average molecular weight is 523 g/mol. The number of benzene rings is 3. The van der Waals surface area contributed by atoms with Gasteiger partial charge in [0.15, 0.2) is 11.6 Å². The Kier molecular flexibility index (Phi) is 7.30. The second-order valence-electron chi connectivity index (χ2n) is 8.04. The zero-order valence-corrected chi connectivity index (χ0v) is 21.2. The second kappa shape index (κ2) is 10.6. The molecule has 1 heterocycles. The molecule has 1 amide bonds. The highest BCUT2D eigenvalue weighted by atomic mass is 32.2. The van der Waals surface area contributed by atoms with Crippen LogP contribution in [0.1, 0.15) is 6.92 Å². The Morgan fingerprint density at radius 1 is 0.865 bits per heavy atom. The summed E-state index contributed by atoms with van der Waals surface area (Å²) < 4.78 is 39.9. The third-order valence-electron chi connectivity index (χ3n) is 5.37. The lowest BCUT2D eigenvalue weighted by Gasteiger charge is -2.16. The first kappa shape index (κ1) is 25.5. The number of primary amides is 1. The topological polar surface area (TPSA) is 158 Å². The zero-order valence-electron chi connectivity index (χ0n) is 20.3. The van der Waals surface area contributed by atoms with Gasteiger partial charge in [-0.25, -0.2) is 18.4 Å². The summed E-state index contributed by atoms with van der Waals surface area (Å²) in [7, 11) is -1.04.